The predicted molar refractivity (Wildman–Crippen MR) is 173 cm³/mol. The van der Waals surface area contributed by atoms with E-state index in [0.717, 1.165) is 54.7 Å². The molecule has 9 nitrogen and oxygen atoms in total. The highest BCUT2D eigenvalue weighted by atomic mass is 16.5. The van der Waals surface area contributed by atoms with Gasteiger partial charge in [0, 0.05) is 49.4 Å². The van der Waals surface area contributed by atoms with Gasteiger partial charge in [0.1, 0.15) is 5.75 Å². The molecule has 0 radical (unpaired) electrons. The zero-order valence-electron chi connectivity index (χ0n) is 25.7. The standard InChI is InChI=1S/C35H43N5O4/c1-24-5-3-6-26(21-24)35(43)38-31-23-27(34(42)37-29-12-10-28(36)11-13-29)9-16-32(31)39-17-4-18-40(20-19-39)33(41)22-25-7-14-30(44-2)15-8-25/h3,5-9,14-16,21,23,28-29H,4,10-13,17-20,22,36H2,1-2H3,(H,37,42)(H,38,43). The van der Waals surface area contributed by atoms with Gasteiger partial charge in [0.05, 0.1) is 24.9 Å². The molecule has 5 rings (SSSR count). The molecule has 1 saturated heterocycles. The third kappa shape index (κ3) is 7.96. The second kappa shape index (κ2) is 14.4. The van der Waals surface area contributed by atoms with E-state index in [2.05, 4.69) is 15.5 Å². The van der Waals surface area contributed by atoms with Crippen LogP contribution < -0.4 is 26.0 Å². The van der Waals surface area contributed by atoms with Crippen LogP contribution in [0.3, 0.4) is 0 Å². The highest BCUT2D eigenvalue weighted by molar-refractivity contribution is 6.07. The first-order valence-electron chi connectivity index (χ1n) is 15.5. The summed E-state index contributed by atoms with van der Waals surface area (Å²) >= 11 is 0. The molecule has 3 aromatic carbocycles. The molecule has 3 amide bonds. The maximum absolute atomic E-state index is 13.4. The molecule has 0 unspecified atom stereocenters. The summed E-state index contributed by atoms with van der Waals surface area (Å²) in [5, 5.41) is 6.24. The smallest absolute Gasteiger partial charge is 0.255 e. The Hall–Kier alpha value is -4.37. The molecular formula is C35H43N5O4. The molecule has 1 aliphatic heterocycles. The SMILES string of the molecule is COc1ccc(CC(=O)N2CCCN(c3ccc(C(=O)NC4CCC(N)CC4)cc3NC(=O)c3cccc(C)c3)CC2)cc1. The van der Waals surface area contributed by atoms with Gasteiger partial charge in [-0.1, -0.05) is 29.8 Å². The molecule has 232 valence electrons. The molecule has 1 heterocycles. The molecule has 2 aliphatic rings. The Bertz CT molecular complexity index is 1470. The number of carbonyl (C=O) groups is 3. The molecule has 0 spiro atoms. The molecule has 0 aromatic heterocycles. The van der Waals surface area contributed by atoms with Crippen molar-refractivity contribution in [3.05, 3.63) is 89.0 Å². The Kier molecular flexibility index (Phi) is 10.2. The van der Waals surface area contributed by atoms with Gasteiger partial charge in [-0.15, -0.1) is 0 Å². The van der Waals surface area contributed by atoms with Crippen molar-refractivity contribution >= 4 is 29.1 Å². The van der Waals surface area contributed by atoms with Gasteiger partial charge in [-0.05, 0) is 87.1 Å². The second-order valence-electron chi connectivity index (χ2n) is 11.9. The van der Waals surface area contributed by atoms with E-state index in [1.807, 2.05) is 66.4 Å². The average molecular weight is 598 g/mol. The third-order valence-corrected chi connectivity index (χ3v) is 8.60. The van der Waals surface area contributed by atoms with E-state index in [-0.39, 0.29) is 29.8 Å². The number of nitrogens with one attached hydrogen (secondary N) is 2. The molecular weight excluding hydrogens is 554 g/mol. The molecule has 3 aromatic rings. The summed E-state index contributed by atoms with van der Waals surface area (Å²) in [5.41, 5.74) is 10.4. The van der Waals surface area contributed by atoms with Crippen LogP contribution in [-0.2, 0) is 11.2 Å². The van der Waals surface area contributed by atoms with Crippen LogP contribution in [0, 0.1) is 6.92 Å². The van der Waals surface area contributed by atoms with Crippen LogP contribution in [-0.4, -0.2) is 68.0 Å². The maximum Gasteiger partial charge on any atom is 0.255 e. The quantitative estimate of drug-likeness (QED) is 0.351. The summed E-state index contributed by atoms with van der Waals surface area (Å²) in [6.45, 7) is 4.49. The van der Waals surface area contributed by atoms with E-state index in [4.69, 9.17) is 10.5 Å². The summed E-state index contributed by atoms with van der Waals surface area (Å²) in [4.78, 5) is 43.9. The summed E-state index contributed by atoms with van der Waals surface area (Å²) < 4.78 is 5.23. The first-order valence-corrected chi connectivity index (χ1v) is 15.5. The number of carbonyl (C=O) groups excluding carboxylic acids is 3. The van der Waals surface area contributed by atoms with Gasteiger partial charge in [0.15, 0.2) is 0 Å². The van der Waals surface area contributed by atoms with E-state index in [1.165, 1.54) is 0 Å². The van der Waals surface area contributed by atoms with Gasteiger partial charge in [0.2, 0.25) is 5.91 Å². The normalized spacial score (nSPS) is 18.7. The molecule has 4 N–H and O–H groups in total. The van der Waals surface area contributed by atoms with Gasteiger partial charge >= 0.3 is 0 Å². The topological polar surface area (TPSA) is 117 Å². The lowest BCUT2D eigenvalue weighted by Gasteiger charge is -2.28. The lowest BCUT2D eigenvalue weighted by atomic mass is 9.91. The van der Waals surface area contributed by atoms with E-state index < -0.39 is 0 Å². The summed E-state index contributed by atoms with van der Waals surface area (Å²) in [6, 6.07) is 20.8. The number of rotatable bonds is 8. The number of nitrogens with zero attached hydrogens (tertiary/aromatic N) is 2. The van der Waals surface area contributed by atoms with Gasteiger partial charge in [-0.3, -0.25) is 14.4 Å². The molecule has 44 heavy (non-hydrogen) atoms. The Morgan fingerprint density at radius 2 is 1.61 bits per heavy atom. The number of benzene rings is 3. The fourth-order valence-electron chi connectivity index (χ4n) is 6.00. The van der Waals surface area contributed by atoms with Crippen LogP contribution in [0.1, 0.15) is 63.9 Å². The minimum absolute atomic E-state index is 0.0840. The first-order chi connectivity index (χ1) is 21.3. The zero-order chi connectivity index (χ0) is 31.1. The Morgan fingerprint density at radius 3 is 2.34 bits per heavy atom. The Morgan fingerprint density at radius 1 is 0.864 bits per heavy atom. The molecule has 1 aliphatic carbocycles. The number of nitrogens with two attached hydrogens (primary N) is 1. The van der Waals surface area contributed by atoms with Gasteiger partial charge < -0.3 is 30.9 Å². The lowest BCUT2D eigenvalue weighted by Crippen LogP contribution is -2.40. The number of hydrogen-bond acceptors (Lipinski definition) is 6. The highest BCUT2D eigenvalue weighted by Gasteiger charge is 2.24. The van der Waals surface area contributed by atoms with E-state index in [1.54, 1.807) is 19.2 Å². The van der Waals surface area contributed by atoms with Crippen molar-refractivity contribution in [1.82, 2.24) is 10.2 Å². The molecule has 0 bridgehead atoms. The van der Waals surface area contributed by atoms with E-state index in [9.17, 15) is 14.4 Å². The molecule has 1 saturated carbocycles. The first kappa shape index (κ1) is 31.1. The third-order valence-electron chi connectivity index (χ3n) is 8.60. The van der Waals surface area contributed by atoms with Crippen LogP contribution in [0.4, 0.5) is 11.4 Å². The number of anilines is 2. The van der Waals surface area contributed by atoms with Crippen LogP contribution in [0.15, 0.2) is 66.7 Å². The van der Waals surface area contributed by atoms with Crippen molar-refractivity contribution in [1.29, 1.82) is 0 Å². The minimum Gasteiger partial charge on any atom is -0.497 e. The van der Waals surface area contributed by atoms with Crippen LogP contribution in [0.25, 0.3) is 0 Å². The average Bonchev–Trinajstić information content (AvgIpc) is 3.29. The van der Waals surface area contributed by atoms with Crippen LogP contribution in [0.5, 0.6) is 5.75 Å². The number of amides is 3. The largest absolute Gasteiger partial charge is 0.497 e. The molecule has 0 atom stereocenters. The lowest BCUT2D eigenvalue weighted by molar-refractivity contribution is -0.130. The number of hydrogen-bond donors (Lipinski definition) is 3. The fraction of sp³-hybridized carbons (Fsp3) is 0.400. The van der Waals surface area contributed by atoms with E-state index in [0.29, 0.717) is 49.4 Å². The fourth-order valence-corrected chi connectivity index (χ4v) is 6.00. The van der Waals surface area contributed by atoms with Crippen molar-refractivity contribution < 1.29 is 19.1 Å². The van der Waals surface area contributed by atoms with Gasteiger partial charge in [0.25, 0.3) is 11.8 Å². The van der Waals surface area contributed by atoms with Crippen LogP contribution in [0.2, 0.25) is 0 Å². The summed E-state index contributed by atoms with van der Waals surface area (Å²) in [5.74, 6) is 0.453. The Labute approximate surface area is 259 Å². The van der Waals surface area contributed by atoms with Crippen molar-refractivity contribution in [3.63, 3.8) is 0 Å². The van der Waals surface area contributed by atoms with E-state index >= 15 is 0 Å². The highest BCUT2D eigenvalue weighted by Crippen LogP contribution is 2.30. The maximum atomic E-state index is 13.4. The van der Waals surface area contributed by atoms with Crippen LogP contribution >= 0.6 is 0 Å². The number of ether oxygens (including phenoxy) is 1. The predicted octanol–water partition coefficient (Wildman–Crippen LogP) is 4.54. The second-order valence-corrected chi connectivity index (χ2v) is 11.9. The minimum atomic E-state index is -0.236. The molecule has 2 fully saturated rings. The number of methoxy groups -OCH3 is 1. The molecule has 9 heteroatoms. The van der Waals surface area contributed by atoms with Crippen molar-refractivity contribution in [2.75, 3.05) is 43.5 Å². The van der Waals surface area contributed by atoms with Crippen molar-refractivity contribution in [3.8, 4) is 5.75 Å². The number of aryl methyl sites for hydroxylation is 1. The van der Waals surface area contributed by atoms with Crippen molar-refractivity contribution in [2.24, 2.45) is 5.73 Å². The monoisotopic (exact) mass is 597 g/mol. The summed E-state index contributed by atoms with van der Waals surface area (Å²) in [7, 11) is 1.62. The van der Waals surface area contributed by atoms with Crippen molar-refractivity contribution in [2.45, 2.75) is 57.5 Å². The van der Waals surface area contributed by atoms with Gasteiger partial charge in [-0.25, -0.2) is 0 Å². The van der Waals surface area contributed by atoms with Gasteiger partial charge in [-0.2, -0.15) is 0 Å². The zero-order valence-corrected chi connectivity index (χ0v) is 25.7. The summed E-state index contributed by atoms with van der Waals surface area (Å²) in [6.07, 6.45) is 4.64. The Balaban J connectivity index is 1.32.